The van der Waals surface area contributed by atoms with Crippen molar-refractivity contribution in [2.75, 3.05) is 32.0 Å². The number of amides is 3. The summed E-state index contributed by atoms with van der Waals surface area (Å²) in [6.07, 6.45) is 0. The third-order valence-corrected chi connectivity index (χ3v) is 3.78. The van der Waals surface area contributed by atoms with Gasteiger partial charge in [0.15, 0.2) is 13.1 Å². The van der Waals surface area contributed by atoms with E-state index in [-0.39, 0.29) is 43.4 Å². The quantitative estimate of drug-likeness (QED) is 0.477. The minimum absolute atomic E-state index is 0.0310. The SMILES string of the molecule is Cc1cc(Br)ccc1NC(=O)C[NH+](C)CC(=O)NCC(=O)NC(C)C. The van der Waals surface area contributed by atoms with Crippen molar-refractivity contribution in [1.82, 2.24) is 10.6 Å². The van der Waals surface area contributed by atoms with Crippen LogP contribution in [0.2, 0.25) is 0 Å². The first-order chi connectivity index (χ1) is 11.7. The fourth-order valence-electron chi connectivity index (χ4n) is 2.19. The van der Waals surface area contributed by atoms with Gasteiger partial charge in [0.1, 0.15) is 0 Å². The highest BCUT2D eigenvalue weighted by molar-refractivity contribution is 9.10. The Morgan fingerprint density at radius 2 is 1.76 bits per heavy atom. The van der Waals surface area contributed by atoms with Crippen LogP contribution in [0, 0.1) is 6.92 Å². The molecular formula is C17H26BrN4O3+. The van der Waals surface area contributed by atoms with E-state index < -0.39 is 0 Å². The van der Waals surface area contributed by atoms with Crippen molar-refractivity contribution in [1.29, 1.82) is 0 Å². The minimum atomic E-state index is -0.274. The second kappa shape index (κ2) is 10.1. The van der Waals surface area contributed by atoms with Gasteiger partial charge in [-0.1, -0.05) is 15.9 Å². The molecule has 138 valence electrons. The summed E-state index contributed by atoms with van der Waals surface area (Å²) in [5.41, 5.74) is 1.70. The lowest BCUT2D eigenvalue weighted by Crippen LogP contribution is -3.11. The van der Waals surface area contributed by atoms with E-state index >= 15 is 0 Å². The summed E-state index contributed by atoms with van der Waals surface area (Å²) in [5.74, 6) is -0.679. The Hall–Kier alpha value is -1.93. The van der Waals surface area contributed by atoms with E-state index in [4.69, 9.17) is 0 Å². The fourth-order valence-corrected chi connectivity index (χ4v) is 2.66. The number of carbonyl (C=O) groups excluding carboxylic acids is 3. The Labute approximate surface area is 156 Å². The molecule has 3 amide bonds. The van der Waals surface area contributed by atoms with Crippen LogP contribution in [0.1, 0.15) is 19.4 Å². The zero-order valence-corrected chi connectivity index (χ0v) is 16.6. The highest BCUT2D eigenvalue weighted by Crippen LogP contribution is 2.19. The average Bonchev–Trinajstić information content (AvgIpc) is 2.47. The predicted octanol–water partition coefficient (Wildman–Crippen LogP) is -0.148. The summed E-state index contributed by atoms with van der Waals surface area (Å²) >= 11 is 3.38. The van der Waals surface area contributed by atoms with Crippen molar-refractivity contribution < 1.29 is 19.3 Å². The first-order valence-corrected chi connectivity index (χ1v) is 8.90. The molecule has 0 radical (unpaired) electrons. The molecule has 0 aliphatic carbocycles. The van der Waals surface area contributed by atoms with Crippen molar-refractivity contribution in [2.24, 2.45) is 0 Å². The molecule has 1 rings (SSSR count). The van der Waals surface area contributed by atoms with E-state index in [1.165, 1.54) is 0 Å². The lowest BCUT2D eigenvalue weighted by Gasteiger charge is -2.15. The normalized spacial score (nSPS) is 11.8. The van der Waals surface area contributed by atoms with Crippen LogP contribution in [0.5, 0.6) is 0 Å². The van der Waals surface area contributed by atoms with E-state index in [0.29, 0.717) is 0 Å². The Balaban J connectivity index is 2.37. The summed E-state index contributed by atoms with van der Waals surface area (Å²) in [6.45, 7) is 5.82. The molecule has 7 nitrogen and oxygen atoms in total. The second-order valence-electron chi connectivity index (χ2n) is 6.32. The van der Waals surface area contributed by atoms with Crippen molar-refractivity contribution in [3.8, 4) is 0 Å². The molecule has 0 heterocycles. The van der Waals surface area contributed by atoms with Gasteiger partial charge < -0.3 is 20.9 Å². The average molecular weight is 414 g/mol. The molecule has 0 aromatic heterocycles. The number of benzene rings is 1. The Morgan fingerprint density at radius 3 is 2.36 bits per heavy atom. The first-order valence-electron chi connectivity index (χ1n) is 8.10. The van der Waals surface area contributed by atoms with Crippen LogP contribution in [0.3, 0.4) is 0 Å². The van der Waals surface area contributed by atoms with Crippen LogP contribution in [0.15, 0.2) is 22.7 Å². The Morgan fingerprint density at radius 1 is 1.12 bits per heavy atom. The molecule has 0 aliphatic heterocycles. The van der Waals surface area contributed by atoms with E-state index in [0.717, 1.165) is 20.6 Å². The first kappa shape index (κ1) is 21.1. The number of quaternary nitrogens is 1. The smallest absolute Gasteiger partial charge is 0.279 e. The van der Waals surface area contributed by atoms with Crippen LogP contribution in [0.4, 0.5) is 5.69 Å². The molecule has 0 aliphatic rings. The minimum Gasteiger partial charge on any atom is -0.352 e. The standard InChI is InChI=1S/C17H25BrN4O3/c1-11(2)20-15(23)8-19-16(24)9-22(4)10-17(25)21-14-6-5-13(18)7-12(14)3/h5-7,11H,8-10H2,1-4H3,(H,19,24)(H,20,23)(H,21,25)/p+1. The molecule has 0 saturated carbocycles. The number of anilines is 1. The summed E-state index contributed by atoms with van der Waals surface area (Å²) in [4.78, 5) is 36.1. The molecule has 1 aromatic carbocycles. The van der Waals surface area contributed by atoms with Gasteiger partial charge in [0.05, 0.1) is 13.6 Å². The number of halogens is 1. The topological polar surface area (TPSA) is 91.7 Å². The third kappa shape index (κ3) is 8.64. The van der Waals surface area contributed by atoms with Gasteiger partial charge in [-0.15, -0.1) is 0 Å². The van der Waals surface area contributed by atoms with E-state index in [1.54, 1.807) is 7.05 Å². The molecular weight excluding hydrogens is 388 g/mol. The Kier molecular flexibility index (Phi) is 8.57. The highest BCUT2D eigenvalue weighted by atomic mass is 79.9. The molecule has 4 N–H and O–H groups in total. The van der Waals surface area contributed by atoms with E-state index in [9.17, 15) is 14.4 Å². The van der Waals surface area contributed by atoms with E-state index in [1.807, 2.05) is 39.0 Å². The monoisotopic (exact) mass is 413 g/mol. The largest absolute Gasteiger partial charge is 0.352 e. The van der Waals surface area contributed by atoms with Gasteiger partial charge >= 0.3 is 0 Å². The number of carbonyl (C=O) groups is 3. The van der Waals surface area contributed by atoms with Crippen molar-refractivity contribution in [3.05, 3.63) is 28.2 Å². The molecule has 8 heteroatoms. The molecule has 0 spiro atoms. The van der Waals surface area contributed by atoms with Gasteiger partial charge in [0.25, 0.3) is 11.8 Å². The predicted molar refractivity (Wildman–Crippen MR) is 100 cm³/mol. The van der Waals surface area contributed by atoms with Gasteiger partial charge in [-0.25, -0.2) is 0 Å². The van der Waals surface area contributed by atoms with Crippen LogP contribution in [-0.2, 0) is 14.4 Å². The number of likely N-dealkylation sites (N-methyl/N-ethyl adjacent to an activating group) is 1. The summed E-state index contributed by atoms with van der Waals surface area (Å²) in [5, 5.41) is 8.08. The zero-order valence-electron chi connectivity index (χ0n) is 15.0. The lowest BCUT2D eigenvalue weighted by atomic mass is 10.2. The van der Waals surface area contributed by atoms with Crippen molar-refractivity contribution in [3.63, 3.8) is 0 Å². The third-order valence-electron chi connectivity index (χ3n) is 3.28. The van der Waals surface area contributed by atoms with Crippen LogP contribution < -0.4 is 20.9 Å². The summed E-state index contributed by atoms with van der Waals surface area (Å²) < 4.78 is 0.948. The van der Waals surface area contributed by atoms with Crippen molar-refractivity contribution in [2.45, 2.75) is 26.8 Å². The molecule has 0 saturated heterocycles. The number of nitrogens with one attached hydrogen (secondary N) is 4. The van der Waals surface area contributed by atoms with Gasteiger partial charge in [-0.2, -0.15) is 0 Å². The molecule has 0 bridgehead atoms. The second-order valence-corrected chi connectivity index (χ2v) is 7.23. The van der Waals surface area contributed by atoms with E-state index in [2.05, 4.69) is 31.9 Å². The van der Waals surface area contributed by atoms with Crippen LogP contribution in [0.25, 0.3) is 0 Å². The maximum absolute atomic E-state index is 12.1. The highest BCUT2D eigenvalue weighted by Gasteiger charge is 2.15. The molecule has 1 unspecified atom stereocenters. The summed E-state index contributed by atoms with van der Waals surface area (Å²) in [7, 11) is 1.75. The van der Waals surface area contributed by atoms with Crippen LogP contribution in [-0.4, -0.2) is 50.4 Å². The van der Waals surface area contributed by atoms with Gasteiger partial charge in [0, 0.05) is 16.2 Å². The fraction of sp³-hybridized carbons (Fsp3) is 0.471. The number of aryl methyl sites for hydroxylation is 1. The van der Waals surface area contributed by atoms with Gasteiger partial charge in [0.2, 0.25) is 5.91 Å². The molecule has 25 heavy (non-hydrogen) atoms. The molecule has 1 atom stereocenters. The molecule has 1 aromatic rings. The van der Waals surface area contributed by atoms with Gasteiger partial charge in [-0.3, -0.25) is 14.4 Å². The van der Waals surface area contributed by atoms with Gasteiger partial charge in [-0.05, 0) is 44.5 Å². The number of hydrogen-bond acceptors (Lipinski definition) is 3. The maximum atomic E-state index is 12.1. The maximum Gasteiger partial charge on any atom is 0.279 e. The number of hydrogen-bond donors (Lipinski definition) is 4. The zero-order chi connectivity index (χ0) is 19.0. The Bertz CT molecular complexity index is 634. The lowest BCUT2D eigenvalue weighted by molar-refractivity contribution is -0.862. The van der Waals surface area contributed by atoms with Crippen molar-refractivity contribution >= 4 is 39.3 Å². The number of rotatable bonds is 8. The van der Waals surface area contributed by atoms with Crippen LogP contribution >= 0.6 is 15.9 Å². The summed E-state index contributed by atoms with van der Waals surface area (Å²) in [6, 6.07) is 5.63. The molecule has 0 fully saturated rings.